The number of halogens is 1. The largest absolute Gasteiger partial charge is 0.336 e. The van der Waals surface area contributed by atoms with E-state index in [1.54, 1.807) is 31.3 Å². The number of benzene rings is 1. The van der Waals surface area contributed by atoms with E-state index in [2.05, 4.69) is 15.3 Å². The second kappa shape index (κ2) is 6.97. The van der Waals surface area contributed by atoms with E-state index < -0.39 is 9.84 Å². The van der Waals surface area contributed by atoms with E-state index >= 15 is 0 Å². The Kier molecular flexibility index (Phi) is 4.91. The van der Waals surface area contributed by atoms with E-state index in [-0.39, 0.29) is 35.1 Å². The summed E-state index contributed by atoms with van der Waals surface area (Å²) in [4.78, 5) is 22.4. The number of aromatic nitrogens is 2. The smallest absolute Gasteiger partial charge is 0.272 e. The molecule has 132 valence electrons. The van der Waals surface area contributed by atoms with E-state index in [1.165, 1.54) is 17.2 Å². The number of hydrogen-bond donors (Lipinski definition) is 1. The van der Waals surface area contributed by atoms with Gasteiger partial charge in [-0.15, -0.1) is 0 Å². The molecule has 1 aromatic carbocycles. The number of amides is 1. The van der Waals surface area contributed by atoms with Gasteiger partial charge < -0.3 is 10.2 Å². The fourth-order valence-electron chi connectivity index (χ4n) is 2.63. The van der Waals surface area contributed by atoms with E-state index in [4.69, 9.17) is 11.6 Å². The fourth-order valence-corrected chi connectivity index (χ4v) is 4.53. The molecule has 0 aliphatic carbocycles. The fraction of sp³-hybridized carbons (Fsp3) is 0.312. The molecule has 3 rings (SSSR count). The van der Waals surface area contributed by atoms with Crippen molar-refractivity contribution in [3.63, 3.8) is 0 Å². The molecule has 1 fully saturated rings. The van der Waals surface area contributed by atoms with Crippen LogP contribution in [0.1, 0.15) is 16.9 Å². The molecule has 1 saturated heterocycles. The maximum absolute atomic E-state index is 12.6. The third-order valence-corrected chi connectivity index (χ3v) is 6.05. The Hall–Kier alpha value is -2.19. The highest BCUT2D eigenvalue weighted by Crippen LogP contribution is 2.19. The number of nitrogens with zero attached hydrogens (tertiary/aromatic N) is 3. The Morgan fingerprint density at radius 1 is 1.28 bits per heavy atom. The lowest BCUT2D eigenvalue weighted by molar-refractivity contribution is 0.0741. The zero-order chi connectivity index (χ0) is 18.0. The molecule has 0 spiro atoms. The van der Waals surface area contributed by atoms with Gasteiger partial charge in [-0.1, -0.05) is 11.6 Å². The molecule has 2 heterocycles. The Morgan fingerprint density at radius 3 is 2.64 bits per heavy atom. The van der Waals surface area contributed by atoms with Crippen molar-refractivity contribution in [1.29, 1.82) is 0 Å². The number of anilines is 2. The van der Waals surface area contributed by atoms with E-state index in [0.717, 1.165) is 5.69 Å². The highest BCUT2D eigenvalue weighted by atomic mass is 35.5. The van der Waals surface area contributed by atoms with Crippen molar-refractivity contribution in [3.8, 4) is 0 Å². The van der Waals surface area contributed by atoms with Gasteiger partial charge in [-0.2, -0.15) is 0 Å². The first kappa shape index (κ1) is 17.6. The van der Waals surface area contributed by atoms with E-state index in [9.17, 15) is 13.2 Å². The minimum Gasteiger partial charge on any atom is -0.336 e. The maximum atomic E-state index is 12.6. The van der Waals surface area contributed by atoms with Crippen molar-refractivity contribution < 1.29 is 13.2 Å². The Bertz CT molecular complexity index is 887. The summed E-state index contributed by atoms with van der Waals surface area (Å²) in [5, 5.41) is 3.61. The molecule has 1 amide bonds. The number of carbonyl (C=O) groups excluding carboxylic acids is 1. The minimum absolute atomic E-state index is 0.00376. The standard InChI is InChI=1S/C16H17ClN4O3S/c1-21(13-7-9-25(23,24)10-13)15(22)14-6-8-18-16(20-14)19-12-4-2-11(17)3-5-12/h2-6,8,13H,7,9-10H2,1H3,(H,18,19,20). The third-order valence-electron chi connectivity index (χ3n) is 4.05. The summed E-state index contributed by atoms with van der Waals surface area (Å²) in [6, 6.07) is 8.20. The lowest BCUT2D eigenvalue weighted by Gasteiger charge is -2.23. The predicted molar refractivity (Wildman–Crippen MR) is 95.9 cm³/mol. The van der Waals surface area contributed by atoms with Crippen LogP contribution in [-0.4, -0.2) is 53.8 Å². The molecule has 1 N–H and O–H groups in total. The molecule has 1 aliphatic rings. The molecule has 1 atom stereocenters. The SMILES string of the molecule is CN(C(=O)c1ccnc(Nc2ccc(Cl)cc2)n1)C1CCS(=O)(=O)C1. The molecule has 0 radical (unpaired) electrons. The number of sulfone groups is 1. The second-order valence-corrected chi connectivity index (χ2v) is 8.54. The van der Waals surface area contributed by atoms with E-state index in [1.807, 2.05) is 0 Å². The van der Waals surface area contributed by atoms with Crippen LogP contribution in [0.2, 0.25) is 5.02 Å². The molecule has 0 saturated carbocycles. The van der Waals surface area contributed by atoms with Crippen LogP contribution in [0.4, 0.5) is 11.6 Å². The van der Waals surface area contributed by atoms with Gasteiger partial charge in [0.1, 0.15) is 5.69 Å². The van der Waals surface area contributed by atoms with Gasteiger partial charge in [0.15, 0.2) is 9.84 Å². The first-order valence-electron chi connectivity index (χ1n) is 7.67. The average molecular weight is 381 g/mol. The molecule has 2 aromatic rings. The monoisotopic (exact) mass is 380 g/mol. The summed E-state index contributed by atoms with van der Waals surface area (Å²) in [6.45, 7) is 0. The Morgan fingerprint density at radius 2 is 2.00 bits per heavy atom. The normalized spacial score (nSPS) is 18.7. The van der Waals surface area contributed by atoms with Crippen LogP contribution in [0.25, 0.3) is 0 Å². The zero-order valence-corrected chi connectivity index (χ0v) is 15.1. The maximum Gasteiger partial charge on any atom is 0.272 e. The lowest BCUT2D eigenvalue weighted by atomic mass is 10.2. The highest BCUT2D eigenvalue weighted by molar-refractivity contribution is 7.91. The molecule has 1 aliphatic heterocycles. The molecule has 9 heteroatoms. The number of hydrogen-bond acceptors (Lipinski definition) is 6. The predicted octanol–water partition coefficient (Wildman–Crippen LogP) is 2.13. The van der Waals surface area contributed by atoms with Gasteiger partial charge in [-0.25, -0.2) is 18.4 Å². The van der Waals surface area contributed by atoms with Crippen molar-refractivity contribution in [2.45, 2.75) is 12.5 Å². The van der Waals surface area contributed by atoms with E-state index in [0.29, 0.717) is 11.4 Å². The molecule has 1 aromatic heterocycles. The van der Waals surface area contributed by atoms with Crippen LogP contribution < -0.4 is 5.32 Å². The van der Waals surface area contributed by atoms with Gasteiger partial charge in [-0.05, 0) is 36.8 Å². The molecule has 25 heavy (non-hydrogen) atoms. The van der Waals surface area contributed by atoms with Gasteiger partial charge in [0, 0.05) is 30.0 Å². The lowest BCUT2D eigenvalue weighted by Crippen LogP contribution is -2.38. The van der Waals surface area contributed by atoms with Crippen LogP contribution in [0, 0.1) is 0 Å². The van der Waals surface area contributed by atoms with Gasteiger partial charge >= 0.3 is 0 Å². The van der Waals surface area contributed by atoms with Gasteiger partial charge in [0.05, 0.1) is 11.5 Å². The molecular formula is C16H17ClN4O3S. The summed E-state index contributed by atoms with van der Waals surface area (Å²) in [5.74, 6) is 0.0582. The van der Waals surface area contributed by atoms with Crippen LogP contribution in [-0.2, 0) is 9.84 Å². The summed E-state index contributed by atoms with van der Waals surface area (Å²) >= 11 is 5.85. The molecule has 7 nitrogen and oxygen atoms in total. The molecule has 1 unspecified atom stereocenters. The van der Waals surface area contributed by atoms with Crippen molar-refractivity contribution >= 4 is 39.0 Å². The van der Waals surface area contributed by atoms with Crippen molar-refractivity contribution in [2.24, 2.45) is 0 Å². The van der Waals surface area contributed by atoms with Crippen LogP contribution >= 0.6 is 11.6 Å². The van der Waals surface area contributed by atoms with Crippen LogP contribution in [0.15, 0.2) is 36.5 Å². The van der Waals surface area contributed by atoms with Gasteiger partial charge in [0.2, 0.25) is 5.95 Å². The zero-order valence-electron chi connectivity index (χ0n) is 13.5. The third kappa shape index (κ3) is 4.26. The topological polar surface area (TPSA) is 92.3 Å². The quantitative estimate of drug-likeness (QED) is 0.873. The first-order chi connectivity index (χ1) is 11.8. The molecule has 0 bridgehead atoms. The van der Waals surface area contributed by atoms with Crippen molar-refractivity contribution in [3.05, 3.63) is 47.2 Å². The van der Waals surface area contributed by atoms with Crippen molar-refractivity contribution in [2.75, 3.05) is 23.9 Å². The number of carbonyl (C=O) groups is 1. The summed E-state index contributed by atoms with van der Waals surface area (Å²) < 4.78 is 23.2. The summed E-state index contributed by atoms with van der Waals surface area (Å²) in [7, 11) is -1.46. The van der Waals surface area contributed by atoms with Crippen molar-refractivity contribution in [1.82, 2.24) is 14.9 Å². The van der Waals surface area contributed by atoms with Gasteiger partial charge in [-0.3, -0.25) is 4.79 Å². The average Bonchev–Trinajstić information content (AvgIpc) is 2.96. The Balaban J connectivity index is 1.74. The van der Waals surface area contributed by atoms with Crippen LogP contribution in [0.5, 0.6) is 0 Å². The number of nitrogens with one attached hydrogen (secondary N) is 1. The van der Waals surface area contributed by atoms with Crippen LogP contribution in [0.3, 0.4) is 0 Å². The molecular weight excluding hydrogens is 364 g/mol. The van der Waals surface area contributed by atoms with Gasteiger partial charge in [0.25, 0.3) is 5.91 Å². The summed E-state index contributed by atoms with van der Waals surface area (Å²) in [5.41, 5.74) is 0.947. The first-order valence-corrected chi connectivity index (χ1v) is 9.87. The summed E-state index contributed by atoms with van der Waals surface area (Å²) in [6.07, 6.45) is 1.93. The second-order valence-electron chi connectivity index (χ2n) is 5.87. The Labute approximate surface area is 151 Å². The highest BCUT2D eigenvalue weighted by Gasteiger charge is 2.33. The number of rotatable bonds is 4. The minimum atomic E-state index is -3.06.